The number of amides is 2. The fourth-order valence-electron chi connectivity index (χ4n) is 3.18. The third-order valence-corrected chi connectivity index (χ3v) is 4.71. The van der Waals surface area contributed by atoms with Crippen LogP contribution in [0.3, 0.4) is 0 Å². The average molecular weight is 349 g/mol. The van der Waals surface area contributed by atoms with E-state index in [2.05, 4.69) is 5.32 Å². The highest BCUT2D eigenvalue weighted by molar-refractivity contribution is 5.92. The molecule has 0 radical (unpaired) electrons. The molecule has 0 unspecified atom stereocenters. The highest BCUT2D eigenvalue weighted by Crippen LogP contribution is 2.16. The van der Waals surface area contributed by atoms with Gasteiger partial charge in [-0.15, -0.1) is 0 Å². The molecule has 136 valence electrons. The van der Waals surface area contributed by atoms with Crippen LogP contribution in [0.5, 0.6) is 0 Å². The van der Waals surface area contributed by atoms with Crippen molar-refractivity contribution in [1.29, 1.82) is 0 Å². The summed E-state index contributed by atoms with van der Waals surface area (Å²) in [6.45, 7) is 5.07. The minimum Gasteiger partial charge on any atom is -0.368 e. The van der Waals surface area contributed by atoms with Crippen molar-refractivity contribution in [3.63, 3.8) is 0 Å². The molecular weight excluding hydrogens is 325 g/mol. The molecular formula is C18H24FN3O3. The normalized spacial score (nSPS) is 21.4. The lowest BCUT2D eigenvalue weighted by atomic mass is 10.2. The average Bonchev–Trinajstić information content (AvgIpc) is 3.13. The monoisotopic (exact) mass is 349 g/mol. The lowest BCUT2D eigenvalue weighted by Crippen LogP contribution is -2.52. The molecule has 2 saturated heterocycles. The third-order valence-electron chi connectivity index (χ3n) is 4.71. The molecule has 2 heterocycles. The van der Waals surface area contributed by atoms with Crippen LogP contribution in [-0.2, 0) is 14.3 Å². The Kier molecular flexibility index (Phi) is 5.65. The Morgan fingerprint density at radius 3 is 2.68 bits per heavy atom. The highest BCUT2D eigenvalue weighted by Gasteiger charge is 2.30. The van der Waals surface area contributed by atoms with E-state index in [-0.39, 0.29) is 30.3 Å². The molecule has 25 heavy (non-hydrogen) atoms. The molecule has 7 heteroatoms. The van der Waals surface area contributed by atoms with Crippen molar-refractivity contribution in [2.24, 2.45) is 0 Å². The number of nitrogens with one attached hydrogen (secondary N) is 1. The molecule has 1 N–H and O–H groups in total. The molecule has 2 aliphatic rings. The second-order valence-corrected chi connectivity index (χ2v) is 6.62. The number of benzene rings is 1. The first kappa shape index (κ1) is 17.8. The number of rotatable bonds is 4. The standard InChI is InChI=1S/C18H24FN3O3/c1-13-4-5-14(11-15(13)19)20-17(23)12-21-6-8-22(9-7-21)18(24)16-3-2-10-25-16/h4-5,11,16H,2-3,6-10,12H2,1H3,(H,20,23)/t16-/m1/s1. The van der Waals surface area contributed by atoms with Gasteiger partial charge in [0.25, 0.3) is 5.91 Å². The number of ether oxygens (including phenoxy) is 1. The summed E-state index contributed by atoms with van der Waals surface area (Å²) >= 11 is 0. The van der Waals surface area contributed by atoms with Gasteiger partial charge >= 0.3 is 0 Å². The molecule has 2 aliphatic heterocycles. The SMILES string of the molecule is Cc1ccc(NC(=O)CN2CCN(C(=O)[C@H]3CCCO3)CC2)cc1F. The Bertz CT molecular complexity index is 638. The number of carbonyl (C=O) groups is 2. The first-order chi connectivity index (χ1) is 12.0. The molecule has 3 rings (SSSR count). The van der Waals surface area contributed by atoms with E-state index in [1.807, 2.05) is 9.80 Å². The zero-order chi connectivity index (χ0) is 17.8. The summed E-state index contributed by atoms with van der Waals surface area (Å²) in [5.41, 5.74) is 1.00. The predicted octanol–water partition coefficient (Wildman–Crippen LogP) is 1.40. The lowest BCUT2D eigenvalue weighted by Gasteiger charge is -2.35. The zero-order valence-corrected chi connectivity index (χ0v) is 14.5. The molecule has 1 aromatic carbocycles. The van der Waals surface area contributed by atoms with E-state index in [0.717, 1.165) is 12.8 Å². The molecule has 2 fully saturated rings. The summed E-state index contributed by atoms with van der Waals surface area (Å²) in [7, 11) is 0. The first-order valence-electron chi connectivity index (χ1n) is 8.71. The van der Waals surface area contributed by atoms with Crippen LogP contribution in [0.4, 0.5) is 10.1 Å². The van der Waals surface area contributed by atoms with Gasteiger partial charge in [-0.1, -0.05) is 6.07 Å². The van der Waals surface area contributed by atoms with Crippen LogP contribution in [0.25, 0.3) is 0 Å². The molecule has 0 aromatic heterocycles. The molecule has 0 aliphatic carbocycles. The van der Waals surface area contributed by atoms with Crippen molar-refractivity contribution in [2.75, 3.05) is 44.6 Å². The van der Waals surface area contributed by atoms with E-state index < -0.39 is 0 Å². The van der Waals surface area contributed by atoms with E-state index in [4.69, 9.17) is 4.74 Å². The fourth-order valence-corrected chi connectivity index (χ4v) is 3.18. The van der Waals surface area contributed by atoms with Crippen molar-refractivity contribution >= 4 is 17.5 Å². The molecule has 2 amide bonds. The van der Waals surface area contributed by atoms with E-state index in [9.17, 15) is 14.0 Å². The van der Waals surface area contributed by atoms with Gasteiger partial charge in [-0.2, -0.15) is 0 Å². The van der Waals surface area contributed by atoms with Crippen molar-refractivity contribution in [1.82, 2.24) is 9.80 Å². The van der Waals surface area contributed by atoms with Crippen molar-refractivity contribution in [3.05, 3.63) is 29.6 Å². The first-order valence-corrected chi connectivity index (χ1v) is 8.71. The second-order valence-electron chi connectivity index (χ2n) is 6.62. The molecule has 0 spiro atoms. The Labute approximate surface area is 146 Å². The van der Waals surface area contributed by atoms with Crippen LogP contribution in [0.15, 0.2) is 18.2 Å². The van der Waals surface area contributed by atoms with Crippen molar-refractivity contribution in [3.8, 4) is 0 Å². The van der Waals surface area contributed by atoms with Gasteiger partial charge in [0.05, 0.1) is 6.54 Å². The summed E-state index contributed by atoms with van der Waals surface area (Å²) in [6.07, 6.45) is 1.45. The minimum absolute atomic E-state index is 0.0664. The largest absolute Gasteiger partial charge is 0.368 e. The quantitative estimate of drug-likeness (QED) is 0.893. The number of nitrogens with zero attached hydrogens (tertiary/aromatic N) is 2. The number of halogens is 1. The third kappa shape index (κ3) is 4.55. The number of hydrogen-bond acceptors (Lipinski definition) is 4. The van der Waals surface area contributed by atoms with E-state index in [1.54, 1.807) is 19.1 Å². The number of piperazine rings is 1. The van der Waals surface area contributed by atoms with Crippen molar-refractivity contribution < 1.29 is 18.7 Å². The predicted molar refractivity (Wildman–Crippen MR) is 91.8 cm³/mol. The van der Waals surface area contributed by atoms with E-state index in [1.165, 1.54) is 6.07 Å². The Balaban J connectivity index is 1.44. The van der Waals surface area contributed by atoms with Crippen molar-refractivity contribution in [2.45, 2.75) is 25.9 Å². The molecule has 1 atom stereocenters. The summed E-state index contributed by atoms with van der Waals surface area (Å²) < 4.78 is 19.0. The van der Waals surface area contributed by atoms with Crippen LogP contribution in [0, 0.1) is 12.7 Å². The second kappa shape index (κ2) is 7.93. The summed E-state index contributed by atoms with van der Waals surface area (Å²) in [6, 6.07) is 4.65. The molecule has 0 saturated carbocycles. The number of aryl methyl sites for hydroxylation is 1. The van der Waals surface area contributed by atoms with Gasteiger partial charge in [-0.3, -0.25) is 14.5 Å². The van der Waals surface area contributed by atoms with Gasteiger partial charge in [0.15, 0.2) is 0 Å². The fraction of sp³-hybridized carbons (Fsp3) is 0.556. The van der Waals surface area contributed by atoms with Crippen LogP contribution < -0.4 is 5.32 Å². The maximum Gasteiger partial charge on any atom is 0.251 e. The van der Waals surface area contributed by atoms with Gasteiger partial charge < -0.3 is 15.0 Å². The molecule has 0 bridgehead atoms. The Morgan fingerprint density at radius 1 is 1.28 bits per heavy atom. The van der Waals surface area contributed by atoms with Crippen LogP contribution in [-0.4, -0.2) is 67.0 Å². The smallest absolute Gasteiger partial charge is 0.251 e. The Hall–Kier alpha value is -1.99. The Morgan fingerprint density at radius 2 is 2.04 bits per heavy atom. The molecule has 6 nitrogen and oxygen atoms in total. The van der Waals surface area contributed by atoms with Gasteiger partial charge in [0.2, 0.25) is 5.91 Å². The number of hydrogen-bond donors (Lipinski definition) is 1. The van der Waals surface area contributed by atoms with E-state index in [0.29, 0.717) is 44.0 Å². The van der Waals surface area contributed by atoms with Gasteiger partial charge in [-0.25, -0.2) is 4.39 Å². The van der Waals surface area contributed by atoms with E-state index >= 15 is 0 Å². The minimum atomic E-state index is -0.334. The van der Waals surface area contributed by atoms with Crippen LogP contribution >= 0.6 is 0 Å². The summed E-state index contributed by atoms with van der Waals surface area (Å²) in [5.74, 6) is -0.446. The summed E-state index contributed by atoms with van der Waals surface area (Å²) in [5, 5.41) is 2.71. The summed E-state index contributed by atoms with van der Waals surface area (Å²) in [4.78, 5) is 28.2. The lowest BCUT2D eigenvalue weighted by molar-refractivity contribution is -0.142. The number of anilines is 1. The maximum absolute atomic E-state index is 13.5. The van der Waals surface area contributed by atoms with Crippen LogP contribution in [0.2, 0.25) is 0 Å². The highest BCUT2D eigenvalue weighted by atomic mass is 19.1. The van der Waals surface area contributed by atoms with Crippen LogP contribution in [0.1, 0.15) is 18.4 Å². The number of carbonyl (C=O) groups excluding carboxylic acids is 2. The topological polar surface area (TPSA) is 61.9 Å². The van der Waals surface area contributed by atoms with Gasteiger partial charge in [0.1, 0.15) is 11.9 Å². The van der Waals surface area contributed by atoms with Gasteiger partial charge in [0, 0.05) is 38.5 Å². The molecule has 1 aromatic rings. The zero-order valence-electron chi connectivity index (χ0n) is 14.5. The van der Waals surface area contributed by atoms with Gasteiger partial charge in [-0.05, 0) is 37.5 Å². The maximum atomic E-state index is 13.5.